The van der Waals surface area contributed by atoms with Crippen LogP contribution in [0.1, 0.15) is 25.7 Å². The highest BCUT2D eigenvalue weighted by Gasteiger charge is 2.19. The van der Waals surface area contributed by atoms with Gasteiger partial charge in [-0.15, -0.1) is 0 Å². The van der Waals surface area contributed by atoms with Crippen LogP contribution in [-0.4, -0.2) is 26.2 Å². The van der Waals surface area contributed by atoms with Gasteiger partial charge >= 0.3 is 0 Å². The van der Waals surface area contributed by atoms with Crippen molar-refractivity contribution in [3.8, 4) is 0 Å². The molecule has 2 aromatic heterocycles. The standard InChI is InChI=1S/C30H26N2O2/c1-2-10-31(9-1)29-17-21-13-25-19(15-27(21)33-29)5-7-24-23(25)8-6-20-16-28-22(14-26(20)24)18-30(34-28)32-11-3-4-12-32/h5-8,13-18H,1-4,9-12H2. The van der Waals surface area contributed by atoms with Gasteiger partial charge in [-0.1, -0.05) is 24.3 Å². The predicted octanol–water partition coefficient (Wildman–Crippen LogP) is 7.84. The normalized spacial score (nSPS) is 16.9. The van der Waals surface area contributed by atoms with Crippen molar-refractivity contribution < 1.29 is 8.83 Å². The molecular weight excluding hydrogens is 420 g/mol. The molecule has 6 aromatic rings. The van der Waals surface area contributed by atoms with E-state index < -0.39 is 0 Å². The van der Waals surface area contributed by atoms with Gasteiger partial charge in [0.05, 0.1) is 0 Å². The molecule has 0 bridgehead atoms. The predicted molar refractivity (Wildman–Crippen MR) is 141 cm³/mol. The fraction of sp³-hybridized carbons (Fsp3) is 0.267. The van der Waals surface area contributed by atoms with Crippen LogP contribution in [0.25, 0.3) is 54.3 Å². The minimum absolute atomic E-state index is 0.976. The number of fused-ring (bicyclic) bond motifs is 7. The van der Waals surface area contributed by atoms with Gasteiger partial charge in [-0.05, 0) is 82.3 Å². The quantitative estimate of drug-likeness (QED) is 0.254. The second kappa shape index (κ2) is 6.92. The van der Waals surface area contributed by atoms with Crippen molar-refractivity contribution in [2.75, 3.05) is 36.0 Å². The molecule has 4 heteroatoms. The molecule has 0 saturated carbocycles. The Balaban J connectivity index is 1.32. The molecule has 168 valence electrons. The second-order valence-corrected chi connectivity index (χ2v) is 10.0. The van der Waals surface area contributed by atoms with Crippen molar-refractivity contribution in [1.29, 1.82) is 0 Å². The van der Waals surface area contributed by atoms with Crippen molar-refractivity contribution in [3.63, 3.8) is 0 Å². The molecule has 2 aliphatic rings. The van der Waals surface area contributed by atoms with Crippen LogP contribution >= 0.6 is 0 Å². The molecule has 0 spiro atoms. The number of benzene rings is 4. The molecule has 34 heavy (non-hydrogen) atoms. The fourth-order valence-electron chi connectivity index (χ4n) is 6.10. The number of furan rings is 2. The van der Waals surface area contributed by atoms with Crippen molar-refractivity contribution in [2.45, 2.75) is 25.7 Å². The van der Waals surface area contributed by atoms with Gasteiger partial charge in [0, 0.05) is 49.1 Å². The van der Waals surface area contributed by atoms with Gasteiger partial charge in [-0.2, -0.15) is 0 Å². The molecule has 2 fully saturated rings. The van der Waals surface area contributed by atoms with Gasteiger partial charge < -0.3 is 18.6 Å². The van der Waals surface area contributed by atoms with Crippen molar-refractivity contribution in [3.05, 3.63) is 60.7 Å². The van der Waals surface area contributed by atoms with E-state index in [0.29, 0.717) is 0 Å². The highest BCUT2D eigenvalue weighted by Crippen LogP contribution is 2.38. The van der Waals surface area contributed by atoms with E-state index in [1.165, 1.54) is 68.8 Å². The average molecular weight is 447 g/mol. The van der Waals surface area contributed by atoms with Crippen LogP contribution in [-0.2, 0) is 0 Å². The Morgan fingerprint density at radius 3 is 1.32 bits per heavy atom. The van der Waals surface area contributed by atoms with Crippen LogP contribution < -0.4 is 9.80 Å². The maximum atomic E-state index is 6.25. The molecule has 2 aliphatic heterocycles. The smallest absolute Gasteiger partial charge is 0.196 e. The van der Waals surface area contributed by atoms with Gasteiger partial charge in [0.1, 0.15) is 11.2 Å². The van der Waals surface area contributed by atoms with Crippen LogP contribution in [0.4, 0.5) is 11.8 Å². The first kappa shape index (κ1) is 18.7. The zero-order valence-corrected chi connectivity index (χ0v) is 19.1. The molecule has 4 nitrogen and oxygen atoms in total. The van der Waals surface area contributed by atoms with E-state index in [1.807, 2.05) is 0 Å². The molecular formula is C30H26N2O2. The Labute approximate surface area is 197 Å². The highest BCUT2D eigenvalue weighted by atomic mass is 16.4. The minimum atomic E-state index is 0.976. The van der Waals surface area contributed by atoms with Crippen molar-refractivity contribution in [1.82, 2.24) is 0 Å². The van der Waals surface area contributed by atoms with E-state index in [-0.39, 0.29) is 0 Å². The molecule has 0 unspecified atom stereocenters. The van der Waals surface area contributed by atoms with Gasteiger partial charge in [0.2, 0.25) is 0 Å². The van der Waals surface area contributed by atoms with Gasteiger partial charge in [-0.3, -0.25) is 0 Å². The van der Waals surface area contributed by atoms with Crippen LogP contribution in [0.3, 0.4) is 0 Å². The minimum Gasteiger partial charge on any atom is -0.441 e. The summed E-state index contributed by atoms with van der Waals surface area (Å²) in [7, 11) is 0. The summed E-state index contributed by atoms with van der Waals surface area (Å²) in [4.78, 5) is 4.73. The van der Waals surface area contributed by atoms with E-state index in [9.17, 15) is 0 Å². The molecule has 0 amide bonds. The third-order valence-electron chi connectivity index (χ3n) is 7.92. The zero-order valence-electron chi connectivity index (χ0n) is 19.1. The average Bonchev–Trinajstić information content (AvgIpc) is 3.66. The lowest BCUT2D eigenvalue weighted by Crippen LogP contribution is -2.16. The number of rotatable bonds is 2. The summed E-state index contributed by atoms with van der Waals surface area (Å²) >= 11 is 0. The lowest BCUT2D eigenvalue weighted by molar-refractivity contribution is 0.599. The van der Waals surface area contributed by atoms with E-state index >= 15 is 0 Å². The summed E-state index contributed by atoms with van der Waals surface area (Å²) in [6.07, 6.45) is 5.00. The monoisotopic (exact) mass is 446 g/mol. The van der Waals surface area contributed by atoms with E-state index in [1.54, 1.807) is 0 Å². The Morgan fingerprint density at radius 1 is 0.441 bits per heavy atom. The summed E-state index contributed by atoms with van der Waals surface area (Å²) in [5, 5.41) is 9.96. The first-order valence-corrected chi connectivity index (χ1v) is 12.6. The second-order valence-electron chi connectivity index (χ2n) is 10.0. The number of anilines is 2. The fourth-order valence-corrected chi connectivity index (χ4v) is 6.10. The SMILES string of the molecule is c1c(N2CCCC2)oc2cc3ccc4c5cc6cc(N7CCCC7)oc6cc5ccc4c3cc12. The van der Waals surface area contributed by atoms with Crippen molar-refractivity contribution in [2.24, 2.45) is 0 Å². The molecule has 4 heterocycles. The topological polar surface area (TPSA) is 32.8 Å². The summed E-state index contributed by atoms with van der Waals surface area (Å²) in [5.41, 5.74) is 1.95. The first-order valence-electron chi connectivity index (χ1n) is 12.6. The van der Waals surface area contributed by atoms with Crippen LogP contribution in [0.15, 0.2) is 69.5 Å². The zero-order chi connectivity index (χ0) is 22.2. The Bertz CT molecular complexity index is 1600. The van der Waals surface area contributed by atoms with Gasteiger partial charge in [-0.25, -0.2) is 0 Å². The summed E-state index contributed by atoms with van der Waals surface area (Å²) < 4.78 is 12.5. The Morgan fingerprint density at radius 2 is 0.882 bits per heavy atom. The van der Waals surface area contributed by atoms with E-state index in [2.05, 4.69) is 70.5 Å². The summed E-state index contributed by atoms with van der Waals surface area (Å²) in [5.74, 6) is 2.02. The number of hydrogen-bond donors (Lipinski definition) is 0. The van der Waals surface area contributed by atoms with Crippen LogP contribution in [0, 0.1) is 0 Å². The molecule has 0 atom stereocenters. The molecule has 0 aliphatic carbocycles. The first-order chi connectivity index (χ1) is 16.8. The van der Waals surface area contributed by atoms with Crippen LogP contribution in [0.5, 0.6) is 0 Å². The summed E-state index contributed by atoms with van der Waals surface area (Å²) in [6, 6.07) is 22.5. The maximum Gasteiger partial charge on any atom is 0.196 e. The van der Waals surface area contributed by atoms with E-state index in [4.69, 9.17) is 8.83 Å². The lowest BCUT2D eigenvalue weighted by atomic mass is 9.96. The lowest BCUT2D eigenvalue weighted by Gasteiger charge is -2.12. The molecule has 8 rings (SSSR count). The van der Waals surface area contributed by atoms with Gasteiger partial charge in [0.25, 0.3) is 0 Å². The number of hydrogen-bond acceptors (Lipinski definition) is 4. The Hall–Kier alpha value is -3.66. The van der Waals surface area contributed by atoms with E-state index in [0.717, 1.165) is 49.1 Å². The molecule has 2 saturated heterocycles. The molecule has 4 aromatic carbocycles. The maximum absolute atomic E-state index is 6.25. The van der Waals surface area contributed by atoms with Crippen LogP contribution in [0.2, 0.25) is 0 Å². The highest BCUT2D eigenvalue weighted by molar-refractivity contribution is 6.20. The largest absolute Gasteiger partial charge is 0.441 e. The molecule has 0 radical (unpaired) electrons. The third-order valence-corrected chi connectivity index (χ3v) is 7.92. The third kappa shape index (κ3) is 2.71. The Kier molecular flexibility index (Phi) is 3.81. The summed E-state index contributed by atoms with van der Waals surface area (Å²) in [6.45, 7) is 4.37. The van der Waals surface area contributed by atoms with Gasteiger partial charge in [0.15, 0.2) is 11.8 Å². The van der Waals surface area contributed by atoms with Crippen molar-refractivity contribution >= 4 is 66.0 Å². The molecule has 0 N–H and O–H groups in total. The number of nitrogens with zero attached hydrogens (tertiary/aromatic N) is 2.